The Morgan fingerprint density at radius 1 is 1.21 bits per heavy atom. The third-order valence-electron chi connectivity index (χ3n) is 5.84. The third-order valence-corrected chi connectivity index (χ3v) is 5.84. The van der Waals surface area contributed by atoms with Gasteiger partial charge in [-0.05, 0) is 82.8 Å². The number of aryl methyl sites for hydroxylation is 1. The van der Waals surface area contributed by atoms with Crippen LogP contribution in [0.1, 0.15) is 38.2 Å². The molecule has 0 saturated carbocycles. The van der Waals surface area contributed by atoms with Gasteiger partial charge in [0.05, 0.1) is 0 Å². The molecule has 2 unspecified atom stereocenters. The number of hydrogen-bond donors (Lipinski definition) is 2. The van der Waals surface area contributed by atoms with Crippen LogP contribution < -0.4 is 15.5 Å². The Kier molecular flexibility index (Phi) is 7.54. The van der Waals surface area contributed by atoms with Crippen LogP contribution in [0.15, 0.2) is 23.2 Å². The molecular formula is C22H36FN5. The molecule has 0 spiro atoms. The lowest BCUT2D eigenvalue weighted by molar-refractivity contribution is 0.214. The van der Waals surface area contributed by atoms with Crippen molar-refractivity contribution in [2.75, 3.05) is 51.2 Å². The van der Waals surface area contributed by atoms with Gasteiger partial charge in [-0.3, -0.25) is 4.99 Å². The summed E-state index contributed by atoms with van der Waals surface area (Å²) in [5.74, 6) is 1.42. The number of piperidine rings is 2. The number of rotatable bonds is 5. The van der Waals surface area contributed by atoms with Gasteiger partial charge in [-0.2, -0.15) is 0 Å². The normalized spacial score (nSPS) is 24.3. The van der Waals surface area contributed by atoms with E-state index in [0.717, 1.165) is 62.8 Å². The molecule has 1 aromatic carbocycles. The maximum atomic E-state index is 13.5. The molecule has 3 rings (SSSR count). The molecule has 2 fully saturated rings. The number of hydrogen-bond acceptors (Lipinski definition) is 3. The van der Waals surface area contributed by atoms with E-state index >= 15 is 0 Å². The minimum absolute atomic E-state index is 0.164. The molecule has 2 atom stereocenters. The smallest absolute Gasteiger partial charge is 0.191 e. The van der Waals surface area contributed by atoms with Gasteiger partial charge in [0, 0.05) is 44.5 Å². The highest BCUT2D eigenvalue weighted by atomic mass is 19.1. The van der Waals surface area contributed by atoms with Crippen LogP contribution in [0.3, 0.4) is 0 Å². The van der Waals surface area contributed by atoms with E-state index < -0.39 is 0 Å². The van der Waals surface area contributed by atoms with Gasteiger partial charge >= 0.3 is 0 Å². The second-order valence-corrected chi connectivity index (χ2v) is 8.35. The van der Waals surface area contributed by atoms with Gasteiger partial charge in [0.2, 0.25) is 0 Å². The average molecular weight is 390 g/mol. The van der Waals surface area contributed by atoms with Gasteiger partial charge in [-0.25, -0.2) is 4.39 Å². The van der Waals surface area contributed by atoms with Crippen molar-refractivity contribution < 1.29 is 4.39 Å². The van der Waals surface area contributed by atoms with Gasteiger partial charge in [0.15, 0.2) is 5.96 Å². The minimum atomic E-state index is -0.164. The number of nitrogens with one attached hydrogen (secondary N) is 2. The van der Waals surface area contributed by atoms with E-state index in [4.69, 9.17) is 4.99 Å². The van der Waals surface area contributed by atoms with Crippen molar-refractivity contribution in [3.8, 4) is 0 Å². The SMILES string of the molecule is CCNC(=NCC1CCCN(C)C1)NC1CCCN(c2ccc(F)cc2C)C1. The van der Waals surface area contributed by atoms with Crippen LogP contribution in [0.4, 0.5) is 10.1 Å². The summed E-state index contributed by atoms with van der Waals surface area (Å²) < 4.78 is 13.5. The van der Waals surface area contributed by atoms with Gasteiger partial charge in [0.25, 0.3) is 0 Å². The molecule has 5 nitrogen and oxygen atoms in total. The maximum absolute atomic E-state index is 13.5. The Bertz CT molecular complexity index is 662. The number of benzene rings is 1. The average Bonchev–Trinajstić information content (AvgIpc) is 2.67. The number of anilines is 1. The van der Waals surface area contributed by atoms with Crippen LogP contribution in [-0.2, 0) is 0 Å². The summed E-state index contributed by atoms with van der Waals surface area (Å²) in [6, 6.07) is 5.45. The standard InChI is InChI=1S/C22H36FN5/c1-4-24-22(25-14-18-7-5-11-27(3)15-18)26-20-8-6-12-28(16-20)21-10-9-19(23)13-17(21)2/h9-10,13,18,20H,4-8,11-12,14-16H2,1-3H3,(H2,24,25,26). The van der Waals surface area contributed by atoms with Gasteiger partial charge in [-0.1, -0.05) is 0 Å². The van der Waals surface area contributed by atoms with Crippen molar-refractivity contribution in [2.24, 2.45) is 10.9 Å². The lowest BCUT2D eigenvalue weighted by Gasteiger charge is -2.36. The first kappa shape index (κ1) is 20.9. The van der Waals surface area contributed by atoms with E-state index in [1.54, 1.807) is 12.1 Å². The molecule has 28 heavy (non-hydrogen) atoms. The number of halogens is 1. The highest BCUT2D eigenvalue weighted by Gasteiger charge is 2.22. The van der Waals surface area contributed by atoms with Crippen LogP contribution in [-0.4, -0.2) is 63.2 Å². The summed E-state index contributed by atoms with van der Waals surface area (Å²) in [7, 11) is 2.20. The van der Waals surface area contributed by atoms with Crippen LogP contribution in [0.5, 0.6) is 0 Å². The molecule has 0 bridgehead atoms. The van der Waals surface area contributed by atoms with E-state index in [0.29, 0.717) is 12.0 Å². The molecule has 2 heterocycles. The summed E-state index contributed by atoms with van der Waals surface area (Å²) in [6.07, 6.45) is 4.80. The van der Waals surface area contributed by atoms with Gasteiger partial charge < -0.3 is 20.4 Å². The zero-order valence-electron chi connectivity index (χ0n) is 17.7. The Hall–Kier alpha value is -1.82. The summed E-state index contributed by atoms with van der Waals surface area (Å²) in [6.45, 7) is 10.1. The van der Waals surface area contributed by atoms with Crippen LogP contribution in [0, 0.1) is 18.7 Å². The van der Waals surface area contributed by atoms with Crippen molar-refractivity contribution in [3.05, 3.63) is 29.6 Å². The maximum Gasteiger partial charge on any atom is 0.191 e. The fourth-order valence-corrected chi connectivity index (χ4v) is 4.44. The van der Waals surface area contributed by atoms with Crippen molar-refractivity contribution >= 4 is 11.6 Å². The van der Waals surface area contributed by atoms with Crippen LogP contribution >= 0.6 is 0 Å². The van der Waals surface area contributed by atoms with Crippen molar-refractivity contribution in [1.29, 1.82) is 0 Å². The molecule has 0 aromatic heterocycles. The predicted molar refractivity (Wildman–Crippen MR) is 116 cm³/mol. The summed E-state index contributed by atoms with van der Waals surface area (Å²) >= 11 is 0. The Morgan fingerprint density at radius 2 is 2.04 bits per heavy atom. The van der Waals surface area contributed by atoms with Crippen molar-refractivity contribution in [3.63, 3.8) is 0 Å². The van der Waals surface area contributed by atoms with E-state index in [1.807, 2.05) is 13.0 Å². The summed E-state index contributed by atoms with van der Waals surface area (Å²) in [5, 5.41) is 7.06. The Morgan fingerprint density at radius 3 is 2.79 bits per heavy atom. The molecular weight excluding hydrogens is 353 g/mol. The molecule has 1 aromatic rings. The van der Waals surface area contributed by atoms with Crippen LogP contribution in [0.25, 0.3) is 0 Å². The molecule has 2 aliphatic rings. The number of nitrogens with zero attached hydrogens (tertiary/aromatic N) is 3. The first-order valence-electron chi connectivity index (χ1n) is 10.8. The predicted octanol–water partition coefficient (Wildman–Crippen LogP) is 3.00. The number of guanidine groups is 1. The zero-order chi connectivity index (χ0) is 19.9. The highest BCUT2D eigenvalue weighted by Crippen LogP contribution is 2.24. The number of likely N-dealkylation sites (tertiary alicyclic amines) is 1. The monoisotopic (exact) mass is 389 g/mol. The first-order chi connectivity index (χ1) is 13.5. The van der Waals surface area contributed by atoms with E-state index in [1.165, 1.54) is 19.4 Å². The lowest BCUT2D eigenvalue weighted by Crippen LogP contribution is -2.51. The zero-order valence-corrected chi connectivity index (χ0v) is 17.7. The number of aliphatic imine (C=N–C) groups is 1. The topological polar surface area (TPSA) is 42.9 Å². The van der Waals surface area contributed by atoms with Gasteiger partial charge in [-0.15, -0.1) is 0 Å². The quantitative estimate of drug-likeness (QED) is 0.600. The molecule has 2 N–H and O–H groups in total. The highest BCUT2D eigenvalue weighted by molar-refractivity contribution is 5.80. The Labute approximate surface area is 169 Å². The summed E-state index contributed by atoms with van der Waals surface area (Å²) in [5.41, 5.74) is 2.14. The van der Waals surface area contributed by atoms with Crippen molar-refractivity contribution in [1.82, 2.24) is 15.5 Å². The second-order valence-electron chi connectivity index (χ2n) is 8.35. The largest absolute Gasteiger partial charge is 0.369 e. The minimum Gasteiger partial charge on any atom is -0.369 e. The molecule has 0 radical (unpaired) electrons. The molecule has 2 aliphatic heterocycles. The fourth-order valence-electron chi connectivity index (χ4n) is 4.44. The molecule has 0 aliphatic carbocycles. The van der Waals surface area contributed by atoms with E-state index in [9.17, 15) is 4.39 Å². The molecule has 156 valence electrons. The van der Waals surface area contributed by atoms with E-state index in [-0.39, 0.29) is 5.82 Å². The molecule has 0 amide bonds. The van der Waals surface area contributed by atoms with Gasteiger partial charge in [0.1, 0.15) is 5.82 Å². The molecule has 2 saturated heterocycles. The third kappa shape index (κ3) is 5.84. The second kappa shape index (κ2) is 10.1. The fraction of sp³-hybridized carbons (Fsp3) is 0.682. The lowest BCUT2D eigenvalue weighted by atomic mass is 9.99. The van der Waals surface area contributed by atoms with Crippen LogP contribution in [0.2, 0.25) is 0 Å². The summed E-state index contributed by atoms with van der Waals surface area (Å²) in [4.78, 5) is 9.67. The van der Waals surface area contributed by atoms with E-state index in [2.05, 4.69) is 34.4 Å². The molecule has 6 heteroatoms. The first-order valence-corrected chi connectivity index (χ1v) is 10.8. The Balaban J connectivity index is 1.59. The van der Waals surface area contributed by atoms with Crippen molar-refractivity contribution in [2.45, 2.75) is 45.6 Å².